The predicted molar refractivity (Wildman–Crippen MR) is 78.1 cm³/mol. The molecule has 1 saturated heterocycles. The Labute approximate surface area is 125 Å². The number of hydrogen-bond acceptors (Lipinski definition) is 4. The fourth-order valence-electron chi connectivity index (χ4n) is 2.89. The first-order valence-electron chi connectivity index (χ1n) is 7.47. The summed E-state index contributed by atoms with van der Waals surface area (Å²) >= 11 is 0. The van der Waals surface area contributed by atoms with E-state index in [9.17, 15) is 9.59 Å². The van der Waals surface area contributed by atoms with E-state index in [2.05, 4.69) is 15.3 Å². The van der Waals surface area contributed by atoms with Gasteiger partial charge in [0.05, 0.1) is 6.54 Å². The second-order valence-electron chi connectivity index (χ2n) is 5.26. The molecule has 1 aliphatic heterocycles. The number of amides is 2. The molecule has 1 fully saturated rings. The molecule has 0 saturated carbocycles. The molecule has 1 aliphatic rings. The van der Waals surface area contributed by atoms with Gasteiger partial charge in [0.25, 0.3) is 0 Å². The largest absolute Gasteiger partial charge is 0.342 e. The standard InChI is InChI=1S/C15H22N4O2/c1-4-11-13(20)19(10-12-16-8-7-9-17-12)15(5-2,6-3)14(21)18-11/h7-9,11H,4-6,10H2,1-3H3,(H,18,21). The highest BCUT2D eigenvalue weighted by atomic mass is 16.2. The fraction of sp³-hybridized carbons (Fsp3) is 0.600. The van der Waals surface area contributed by atoms with E-state index in [1.165, 1.54) is 0 Å². The highest BCUT2D eigenvalue weighted by molar-refractivity contribution is 5.99. The molecule has 0 radical (unpaired) electrons. The van der Waals surface area contributed by atoms with Crippen LogP contribution in [0.4, 0.5) is 0 Å². The number of rotatable bonds is 5. The van der Waals surface area contributed by atoms with Gasteiger partial charge in [0.1, 0.15) is 17.4 Å². The topological polar surface area (TPSA) is 75.2 Å². The summed E-state index contributed by atoms with van der Waals surface area (Å²) < 4.78 is 0. The number of carbonyl (C=O) groups excluding carboxylic acids is 2. The lowest BCUT2D eigenvalue weighted by Gasteiger charge is -2.47. The lowest BCUT2D eigenvalue weighted by atomic mass is 9.85. The van der Waals surface area contributed by atoms with Gasteiger partial charge in [-0.3, -0.25) is 9.59 Å². The van der Waals surface area contributed by atoms with Gasteiger partial charge in [-0.2, -0.15) is 0 Å². The first kappa shape index (κ1) is 15.4. The van der Waals surface area contributed by atoms with Gasteiger partial charge < -0.3 is 10.2 Å². The Morgan fingerprint density at radius 3 is 2.33 bits per heavy atom. The van der Waals surface area contributed by atoms with E-state index in [-0.39, 0.29) is 18.4 Å². The maximum absolute atomic E-state index is 12.7. The molecule has 0 spiro atoms. The Balaban J connectivity index is 2.38. The van der Waals surface area contributed by atoms with E-state index >= 15 is 0 Å². The molecular weight excluding hydrogens is 268 g/mol. The van der Waals surface area contributed by atoms with Gasteiger partial charge in [-0.15, -0.1) is 0 Å². The summed E-state index contributed by atoms with van der Waals surface area (Å²) in [7, 11) is 0. The minimum Gasteiger partial charge on any atom is -0.342 e. The first-order valence-corrected chi connectivity index (χ1v) is 7.47. The minimum absolute atomic E-state index is 0.0479. The third kappa shape index (κ3) is 2.62. The summed E-state index contributed by atoms with van der Waals surface area (Å²) in [6.45, 7) is 6.03. The van der Waals surface area contributed by atoms with Crippen molar-refractivity contribution < 1.29 is 9.59 Å². The van der Waals surface area contributed by atoms with Crippen molar-refractivity contribution in [2.24, 2.45) is 0 Å². The van der Waals surface area contributed by atoms with Gasteiger partial charge in [0.15, 0.2) is 0 Å². The Bertz CT molecular complexity index is 514. The van der Waals surface area contributed by atoms with Crippen LogP contribution in [0.25, 0.3) is 0 Å². The molecule has 1 aromatic heterocycles. The minimum atomic E-state index is -0.804. The maximum Gasteiger partial charge on any atom is 0.246 e. The van der Waals surface area contributed by atoms with Crippen molar-refractivity contribution in [2.75, 3.05) is 0 Å². The SMILES string of the molecule is CCC1NC(=O)C(CC)(CC)N(Cc2ncccn2)C1=O. The fourth-order valence-corrected chi connectivity index (χ4v) is 2.89. The summed E-state index contributed by atoms with van der Waals surface area (Å²) in [6, 6.07) is 1.28. The zero-order valence-corrected chi connectivity index (χ0v) is 12.8. The number of aromatic nitrogens is 2. The van der Waals surface area contributed by atoms with Crippen LogP contribution in [0.1, 0.15) is 45.9 Å². The van der Waals surface area contributed by atoms with Crippen LogP contribution in [0.15, 0.2) is 18.5 Å². The molecule has 21 heavy (non-hydrogen) atoms. The molecule has 114 valence electrons. The molecule has 6 nitrogen and oxygen atoms in total. The van der Waals surface area contributed by atoms with E-state index in [4.69, 9.17) is 0 Å². The van der Waals surface area contributed by atoms with Crippen LogP contribution in [-0.2, 0) is 16.1 Å². The average molecular weight is 290 g/mol. The molecular formula is C15H22N4O2. The number of hydrogen-bond donors (Lipinski definition) is 1. The number of nitrogens with one attached hydrogen (secondary N) is 1. The Morgan fingerprint density at radius 2 is 1.81 bits per heavy atom. The summed E-state index contributed by atoms with van der Waals surface area (Å²) in [5, 5.41) is 2.85. The zero-order valence-electron chi connectivity index (χ0n) is 12.8. The average Bonchev–Trinajstić information content (AvgIpc) is 2.52. The van der Waals surface area contributed by atoms with Crippen LogP contribution in [0, 0.1) is 0 Å². The van der Waals surface area contributed by atoms with Crippen LogP contribution in [0.3, 0.4) is 0 Å². The van der Waals surface area contributed by atoms with E-state index in [0.29, 0.717) is 25.1 Å². The second-order valence-corrected chi connectivity index (χ2v) is 5.26. The molecule has 1 atom stereocenters. The van der Waals surface area contributed by atoms with Gasteiger partial charge in [0.2, 0.25) is 11.8 Å². The normalized spacial score (nSPS) is 21.3. The number of nitrogens with zero attached hydrogens (tertiary/aromatic N) is 3. The van der Waals surface area contributed by atoms with Crippen molar-refractivity contribution in [1.82, 2.24) is 20.2 Å². The van der Waals surface area contributed by atoms with E-state index in [1.54, 1.807) is 23.4 Å². The third-order valence-electron chi connectivity index (χ3n) is 4.31. The van der Waals surface area contributed by atoms with Crippen LogP contribution >= 0.6 is 0 Å². The van der Waals surface area contributed by atoms with Crippen LogP contribution in [0.5, 0.6) is 0 Å². The smallest absolute Gasteiger partial charge is 0.246 e. The van der Waals surface area contributed by atoms with E-state index in [1.807, 2.05) is 20.8 Å². The summed E-state index contributed by atoms with van der Waals surface area (Å²) in [6.07, 6.45) is 5.02. The summed E-state index contributed by atoms with van der Waals surface area (Å²) in [5.41, 5.74) is -0.804. The molecule has 1 unspecified atom stereocenters. The van der Waals surface area contributed by atoms with Crippen molar-refractivity contribution in [3.8, 4) is 0 Å². The summed E-state index contributed by atoms with van der Waals surface area (Å²) in [4.78, 5) is 35.3. The molecule has 2 rings (SSSR count). The van der Waals surface area contributed by atoms with E-state index < -0.39 is 11.6 Å². The number of carbonyl (C=O) groups is 2. The third-order valence-corrected chi connectivity index (χ3v) is 4.31. The monoisotopic (exact) mass is 290 g/mol. The zero-order chi connectivity index (χ0) is 15.5. The predicted octanol–water partition coefficient (Wildman–Crippen LogP) is 1.27. The van der Waals surface area contributed by atoms with Crippen LogP contribution < -0.4 is 5.32 Å². The van der Waals surface area contributed by atoms with Crippen molar-refractivity contribution in [2.45, 2.75) is 58.2 Å². The molecule has 0 bridgehead atoms. The Morgan fingerprint density at radius 1 is 1.19 bits per heavy atom. The van der Waals surface area contributed by atoms with Gasteiger partial charge >= 0.3 is 0 Å². The van der Waals surface area contributed by atoms with Gasteiger partial charge in [-0.1, -0.05) is 20.8 Å². The Hall–Kier alpha value is -1.98. The van der Waals surface area contributed by atoms with Crippen LogP contribution in [0.2, 0.25) is 0 Å². The van der Waals surface area contributed by atoms with Crippen molar-refractivity contribution in [1.29, 1.82) is 0 Å². The van der Waals surface area contributed by atoms with Gasteiger partial charge in [0, 0.05) is 12.4 Å². The molecule has 2 amide bonds. The highest BCUT2D eigenvalue weighted by Gasteiger charge is 2.49. The molecule has 1 N–H and O–H groups in total. The van der Waals surface area contributed by atoms with Gasteiger partial charge in [-0.05, 0) is 25.3 Å². The van der Waals surface area contributed by atoms with Crippen molar-refractivity contribution >= 4 is 11.8 Å². The Kier molecular flexibility index (Phi) is 4.55. The lowest BCUT2D eigenvalue weighted by molar-refractivity contribution is -0.159. The molecule has 2 heterocycles. The highest BCUT2D eigenvalue weighted by Crippen LogP contribution is 2.30. The van der Waals surface area contributed by atoms with E-state index in [0.717, 1.165) is 0 Å². The number of piperazine rings is 1. The molecule has 6 heteroatoms. The maximum atomic E-state index is 12.7. The second kappa shape index (κ2) is 6.20. The van der Waals surface area contributed by atoms with Crippen LogP contribution in [-0.4, -0.2) is 38.3 Å². The van der Waals surface area contributed by atoms with Crippen molar-refractivity contribution in [3.05, 3.63) is 24.3 Å². The van der Waals surface area contributed by atoms with Crippen molar-refractivity contribution in [3.63, 3.8) is 0 Å². The lowest BCUT2D eigenvalue weighted by Crippen LogP contribution is -2.69. The quantitative estimate of drug-likeness (QED) is 0.886. The summed E-state index contributed by atoms with van der Waals surface area (Å²) in [5.74, 6) is 0.435. The first-order chi connectivity index (χ1) is 10.1. The molecule has 0 aliphatic carbocycles. The van der Waals surface area contributed by atoms with Gasteiger partial charge in [-0.25, -0.2) is 9.97 Å². The molecule has 1 aromatic rings. The molecule has 0 aromatic carbocycles.